The van der Waals surface area contributed by atoms with Crippen molar-refractivity contribution in [3.05, 3.63) is 94.6 Å². The van der Waals surface area contributed by atoms with E-state index >= 15 is 0 Å². The second kappa shape index (κ2) is 8.66. The van der Waals surface area contributed by atoms with Crippen molar-refractivity contribution in [3.63, 3.8) is 0 Å². The highest BCUT2D eigenvalue weighted by molar-refractivity contribution is 6.46. The quantitative estimate of drug-likeness (QED) is 0.526. The van der Waals surface area contributed by atoms with Gasteiger partial charge in [-0.1, -0.05) is 54.1 Å². The highest BCUT2D eigenvalue weighted by atomic mass is 35.5. The van der Waals surface area contributed by atoms with Crippen molar-refractivity contribution in [2.24, 2.45) is 0 Å². The van der Waals surface area contributed by atoms with E-state index in [9.17, 15) is 9.59 Å². The summed E-state index contributed by atoms with van der Waals surface area (Å²) in [5.41, 5.74) is 3.18. The molecule has 0 aromatic heterocycles. The molecule has 156 valence electrons. The van der Waals surface area contributed by atoms with Crippen LogP contribution in [0.25, 0.3) is 5.57 Å². The Hall–Kier alpha value is -3.57. The molecule has 0 atom stereocenters. The largest absolute Gasteiger partial charge is 0.494 e. The zero-order chi connectivity index (χ0) is 22.0. The first-order chi connectivity index (χ1) is 15.0. The van der Waals surface area contributed by atoms with Crippen LogP contribution in [-0.2, 0) is 9.59 Å². The highest BCUT2D eigenvalue weighted by Gasteiger charge is 2.40. The van der Waals surface area contributed by atoms with Crippen LogP contribution in [0.15, 0.2) is 78.5 Å². The summed E-state index contributed by atoms with van der Waals surface area (Å²) in [4.78, 5) is 28.1. The number of imide groups is 1. The summed E-state index contributed by atoms with van der Waals surface area (Å²) >= 11 is 6.26. The number of halogens is 1. The first-order valence-corrected chi connectivity index (χ1v) is 10.3. The van der Waals surface area contributed by atoms with Crippen molar-refractivity contribution in [2.75, 3.05) is 16.8 Å². The van der Waals surface area contributed by atoms with Gasteiger partial charge in [-0.2, -0.15) is 0 Å². The molecule has 3 aromatic rings. The Labute approximate surface area is 185 Å². The molecule has 1 aliphatic heterocycles. The first kappa shape index (κ1) is 20.7. The number of amides is 2. The van der Waals surface area contributed by atoms with E-state index < -0.39 is 11.8 Å². The smallest absolute Gasteiger partial charge is 0.282 e. The van der Waals surface area contributed by atoms with Crippen molar-refractivity contribution in [3.8, 4) is 5.75 Å². The Morgan fingerprint density at radius 1 is 0.935 bits per heavy atom. The second-order valence-electron chi connectivity index (χ2n) is 7.08. The van der Waals surface area contributed by atoms with E-state index in [1.54, 1.807) is 30.3 Å². The molecule has 5 nitrogen and oxygen atoms in total. The number of nitrogens with one attached hydrogen (secondary N) is 1. The monoisotopic (exact) mass is 432 g/mol. The first-order valence-electron chi connectivity index (χ1n) is 9.94. The topological polar surface area (TPSA) is 58.6 Å². The number of benzene rings is 3. The molecule has 0 aliphatic carbocycles. The van der Waals surface area contributed by atoms with Gasteiger partial charge in [-0.25, -0.2) is 4.90 Å². The second-order valence-corrected chi connectivity index (χ2v) is 7.49. The maximum Gasteiger partial charge on any atom is 0.282 e. The molecule has 1 N–H and O–H groups in total. The Balaban J connectivity index is 1.79. The lowest BCUT2D eigenvalue weighted by atomic mass is 10.0. The Morgan fingerprint density at radius 3 is 2.42 bits per heavy atom. The molecule has 0 unspecified atom stereocenters. The molecule has 0 saturated carbocycles. The number of carbonyl (C=O) groups is 2. The van der Waals surface area contributed by atoms with Crippen LogP contribution in [0.2, 0.25) is 5.02 Å². The van der Waals surface area contributed by atoms with Gasteiger partial charge in [0.1, 0.15) is 11.4 Å². The van der Waals surface area contributed by atoms with E-state index in [0.717, 1.165) is 5.56 Å². The molecule has 0 radical (unpaired) electrons. The van der Waals surface area contributed by atoms with Crippen molar-refractivity contribution >= 4 is 40.4 Å². The minimum atomic E-state index is -0.436. The van der Waals surface area contributed by atoms with E-state index in [4.69, 9.17) is 16.3 Å². The zero-order valence-corrected chi connectivity index (χ0v) is 17.9. The fourth-order valence-corrected chi connectivity index (χ4v) is 3.63. The molecule has 31 heavy (non-hydrogen) atoms. The summed E-state index contributed by atoms with van der Waals surface area (Å²) in [5.74, 6) is -0.242. The maximum atomic E-state index is 13.4. The van der Waals surface area contributed by atoms with Gasteiger partial charge in [0, 0.05) is 16.8 Å². The van der Waals surface area contributed by atoms with Crippen LogP contribution in [0.5, 0.6) is 5.75 Å². The van der Waals surface area contributed by atoms with Gasteiger partial charge in [-0.05, 0) is 49.2 Å². The van der Waals surface area contributed by atoms with E-state index in [1.807, 2.05) is 56.3 Å². The Kier molecular flexibility index (Phi) is 5.78. The van der Waals surface area contributed by atoms with E-state index in [0.29, 0.717) is 39.9 Å². The van der Waals surface area contributed by atoms with Gasteiger partial charge in [0.2, 0.25) is 0 Å². The SMILES string of the molecule is CCOc1cccc(N2C(=O)C(Nc3ccc(C)c(Cl)c3)=C(c3ccccc3)C2=O)c1. The lowest BCUT2D eigenvalue weighted by Crippen LogP contribution is -2.32. The van der Waals surface area contributed by atoms with Gasteiger partial charge >= 0.3 is 0 Å². The van der Waals surface area contributed by atoms with E-state index in [2.05, 4.69) is 5.32 Å². The Bertz CT molecular complexity index is 1190. The summed E-state index contributed by atoms with van der Waals surface area (Å²) in [6.45, 7) is 4.26. The molecule has 1 aliphatic rings. The summed E-state index contributed by atoms with van der Waals surface area (Å²) in [5, 5.41) is 3.70. The van der Waals surface area contributed by atoms with Gasteiger partial charge in [-0.3, -0.25) is 9.59 Å². The van der Waals surface area contributed by atoms with Gasteiger partial charge in [0.05, 0.1) is 17.9 Å². The fraction of sp³-hybridized carbons (Fsp3) is 0.120. The van der Waals surface area contributed by atoms with Gasteiger partial charge in [-0.15, -0.1) is 0 Å². The third-order valence-electron chi connectivity index (χ3n) is 4.97. The number of aryl methyl sites for hydroxylation is 1. The zero-order valence-electron chi connectivity index (χ0n) is 17.2. The molecule has 0 saturated heterocycles. The van der Waals surface area contributed by atoms with Gasteiger partial charge in [0.25, 0.3) is 11.8 Å². The van der Waals surface area contributed by atoms with Crippen LogP contribution in [0, 0.1) is 6.92 Å². The number of hydrogen-bond donors (Lipinski definition) is 1. The summed E-state index contributed by atoms with van der Waals surface area (Å²) in [7, 11) is 0. The van der Waals surface area contributed by atoms with Crippen molar-refractivity contribution in [1.29, 1.82) is 0 Å². The minimum Gasteiger partial charge on any atom is -0.494 e. The van der Waals surface area contributed by atoms with Gasteiger partial charge < -0.3 is 10.1 Å². The number of ether oxygens (including phenoxy) is 1. The summed E-state index contributed by atoms with van der Waals surface area (Å²) in [6, 6.07) is 21.5. The van der Waals surface area contributed by atoms with Crippen LogP contribution in [0.3, 0.4) is 0 Å². The van der Waals surface area contributed by atoms with Crippen LogP contribution < -0.4 is 15.0 Å². The maximum absolute atomic E-state index is 13.4. The number of carbonyl (C=O) groups excluding carboxylic acids is 2. The summed E-state index contributed by atoms with van der Waals surface area (Å²) in [6.07, 6.45) is 0. The molecule has 0 bridgehead atoms. The normalized spacial score (nSPS) is 13.7. The Morgan fingerprint density at radius 2 is 1.71 bits per heavy atom. The molecule has 6 heteroatoms. The lowest BCUT2D eigenvalue weighted by Gasteiger charge is -2.16. The number of anilines is 2. The van der Waals surface area contributed by atoms with Crippen molar-refractivity contribution in [1.82, 2.24) is 0 Å². The third-order valence-corrected chi connectivity index (χ3v) is 5.38. The third kappa shape index (κ3) is 4.05. The number of hydrogen-bond acceptors (Lipinski definition) is 4. The molecule has 1 heterocycles. The molecular formula is C25H21ClN2O3. The minimum absolute atomic E-state index is 0.206. The molecule has 2 amide bonds. The van der Waals surface area contributed by atoms with E-state index in [-0.39, 0.29) is 5.70 Å². The number of nitrogens with zero attached hydrogens (tertiary/aromatic N) is 1. The number of rotatable bonds is 6. The molecule has 4 rings (SSSR count). The average molecular weight is 433 g/mol. The molecular weight excluding hydrogens is 412 g/mol. The van der Waals surface area contributed by atoms with E-state index in [1.165, 1.54) is 4.90 Å². The molecule has 0 spiro atoms. The van der Waals surface area contributed by atoms with Gasteiger partial charge in [0.15, 0.2) is 0 Å². The van der Waals surface area contributed by atoms with Crippen LogP contribution >= 0.6 is 11.6 Å². The predicted molar refractivity (Wildman–Crippen MR) is 123 cm³/mol. The van der Waals surface area contributed by atoms with Crippen LogP contribution in [-0.4, -0.2) is 18.4 Å². The van der Waals surface area contributed by atoms with Crippen molar-refractivity contribution in [2.45, 2.75) is 13.8 Å². The standard InChI is InChI=1S/C25H21ClN2O3/c1-3-31-20-11-7-10-19(15-20)28-24(29)22(17-8-5-4-6-9-17)23(25(28)30)27-18-13-12-16(2)21(26)14-18/h4-15,27H,3H2,1-2H3. The fourth-order valence-electron chi connectivity index (χ4n) is 3.45. The lowest BCUT2D eigenvalue weighted by molar-refractivity contribution is -0.120. The van der Waals surface area contributed by atoms with Crippen LogP contribution in [0.1, 0.15) is 18.1 Å². The predicted octanol–water partition coefficient (Wildman–Crippen LogP) is 5.44. The van der Waals surface area contributed by atoms with Crippen molar-refractivity contribution < 1.29 is 14.3 Å². The average Bonchev–Trinajstić information content (AvgIpc) is 3.01. The summed E-state index contributed by atoms with van der Waals surface area (Å²) < 4.78 is 5.54. The van der Waals surface area contributed by atoms with Crippen LogP contribution in [0.4, 0.5) is 11.4 Å². The highest BCUT2D eigenvalue weighted by Crippen LogP contribution is 2.35. The molecule has 0 fully saturated rings. The molecule has 3 aromatic carbocycles.